The summed E-state index contributed by atoms with van der Waals surface area (Å²) in [4.78, 5) is 3.78. The second-order valence-electron chi connectivity index (χ2n) is 5.08. The van der Waals surface area contributed by atoms with Crippen LogP contribution < -0.4 is 5.32 Å². The Hall–Kier alpha value is -0.890. The quantitative estimate of drug-likeness (QED) is 0.869. The molecular weight excluding hydrogens is 254 g/mol. The average molecular weight is 277 g/mol. The molecule has 1 aliphatic rings. The van der Waals surface area contributed by atoms with Crippen molar-refractivity contribution in [1.82, 2.24) is 10.2 Å². The Morgan fingerprint density at radius 3 is 2.95 bits per heavy atom. The zero-order valence-corrected chi connectivity index (χ0v) is 12.7. The number of fused-ring (bicyclic) bond motifs is 1. The number of hydrogen-bond donors (Lipinski definition) is 1. The number of likely N-dealkylation sites (N-methyl/N-ethyl adjacent to an activating group) is 1. The van der Waals surface area contributed by atoms with Gasteiger partial charge < -0.3 is 4.90 Å². The highest BCUT2D eigenvalue weighted by atomic mass is 32.1. The highest BCUT2D eigenvalue weighted by Gasteiger charge is 2.36. The van der Waals surface area contributed by atoms with E-state index in [1.165, 1.54) is 10.4 Å². The fraction of sp³-hybridized carbons (Fsp3) is 0.667. The number of nitrogens with one attached hydrogen (secondary N) is 1. The van der Waals surface area contributed by atoms with Crippen LogP contribution in [0.5, 0.6) is 0 Å². The summed E-state index contributed by atoms with van der Waals surface area (Å²) < 4.78 is 0. The third-order valence-corrected chi connectivity index (χ3v) is 5.08. The molecule has 3 nitrogen and oxygen atoms in total. The van der Waals surface area contributed by atoms with Crippen molar-refractivity contribution in [3.63, 3.8) is 0 Å². The lowest BCUT2D eigenvalue weighted by atomic mass is 9.81. The van der Waals surface area contributed by atoms with Gasteiger partial charge in [0, 0.05) is 23.5 Å². The van der Waals surface area contributed by atoms with Crippen molar-refractivity contribution in [2.45, 2.75) is 38.6 Å². The van der Waals surface area contributed by atoms with Gasteiger partial charge in [0.25, 0.3) is 0 Å². The van der Waals surface area contributed by atoms with Gasteiger partial charge in [0.2, 0.25) is 0 Å². The summed E-state index contributed by atoms with van der Waals surface area (Å²) in [5, 5.41) is 15.3. The van der Waals surface area contributed by atoms with Crippen LogP contribution in [0.15, 0.2) is 11.4 Å². The molecule has 1 aromatic rings. The Morgan fingerprint density at radius 2 is 2.26 bits per heavy atom. The van der Waals surface area contributed by atoms with Gasteiger partial charge in [0.05, 0.1) is 6.07 Å². The molecule has 1 heterocycles. The minimum atomic E-state index is -0.444. The lowest BCUT2D eigenvalue weighted by molar-refractivity contribution is 0.278. The van der Waals surface area contributed by atoms with E-state index in [4.69, 9.17) is 0 Å². The zero-order valence-electron chi connectivity index (χ0n) is 11.9. The van der Waals surface area contributed by atoms with Crippen molar-refractivity contribution in [2.75, 3.05) is 26.2 Å². The summed E-state index contributed by atoms with van der Waals surface area (Å²) in [6.45, 7) is 8.39. The second kappa shape index (κ2) is 6.51. The van der Waals surface area contributed by atoms with Crippen LogP contribution in [0.25, 0.3) is 0 Å². The van der Waals surface area contributed by atoms with E-state index in [9.17, 15) is 5.26 Å². The minimum absolute atomic E-state index is 0.444. The zero-order chi connectivity index (χ0) is 13.7. The predicted molar refractivity (Wildman–Crippen MR) is 80.3 cm³/mol. The van der Waals surface area contributed by atoms with Crippen LogP contribution in [-0.4, -0.2) is 31.1 Å². The first-order valence-corrected chi connectivity index (χ1v) is 8.09. The molecule has 0 aliphatic heterocycles. The van der Waals surface area contributed by atoms with Gasteiger partial charge in [-0.3, -0.25) is 5.32 Å². The predicted octanol–water partition coefficient (Wildman–Crippen LogP) is 2.73. The van der Waals surface area contributed by atoms with Gasteiger partial charge in [-0.25, -0.2) is 0 Å². The smallest absolute Gasteiger partial charge is 0.133 e. The maximum absolute atomic E-state index is 9.66. The molecule has 104 valence electrons. The molecule has 0 fully saturated rings. The molecule has 1 N–H and O–H groups in total. The first-order valence-electron chi connectivity index (χ1n) is 7.21. The molecule has 0 aromatic carbocycles. The molecule has 0 radical (unpaired) electrons. The van der Waals surface area contributed by atoms with Gasteiger partial charge in [-0.2, -0.15) is 5.26 Å². The molecule has 2 rings (SSSR count). The third kappa shape index (κ3) is 3.00. The van der Waals surface area contributed by atoms with Crippen LogP contribution >= 0.6 is 11.3 Å². The molecule has 4 heteroatoms. The molecule has 0 amide bonds. The van der Waals surface area contributed by atoms with E-state index in [0.29, 0.717) is 0 Å². The van der Waals surface area contributed by atoms with Crippen molar-refractivity contribution >= 4 is 11.3 Å². The second-order valence-corrected chi connectivity index (χ2v) is 6.08. The molecule has 1 aromatic heterocycles. The monoisotopic (exact) mass is 277 g/mol. The van der Waals surface area contributed by atoms with E-state index in [1.54, 1.807) is 11.3 Å². The average Bonchev–Trinajstić information content (AvgIpc) is 2.93. The van der Waals surface area contributed by atoms with Crippen LogP contribution in [0.2, 0.25) is 0 Å². The summed E-state index contributed by atoms with van der Waals surface area (Å²) in [7, 11) is 0. The summed E-state index contributed by atoms with van der Waals surface area (Å²) in [5.41, 5.74) is 0.784. The number of aryl methyl sites for hydroxylation is 1. The molecule has 0 saturated carbocycles. The van der Waals surface area contributed by atoms with E-state index in [0.717, 1.165) is 45.4 Å². The van der Waals surface area contributed by atoms with Gasteiger partial charge in [-0.15, -0.1) is 11.3 Å². The maximum atomic E-state index is 9.66. The normalized spacial score (nSPS) is 22.2. The van der Waals surface area contributed by atoms with Crippen molar-refractivity contribution in [1.29, 1.82) is 5.26 Å². The SMILES string of the molecule is CCN(CC)CCNC1(C#N)CCCc2sccc21. The Balaban J connectivity index is 2.03. The van der Waals surface area contributed by atoms with Crippen molar-refractivity contribution in [3.05, 3.63) is 21.9 Å². The van der Waals surface area contributed by atoms with E-state index in [2.05, 4.69) is 41.6 Å². The molecular formula is C15H23N3S. The van der Waals surface area contributed by atoms with Crippen LogP contribution in [0.4, 0.5) is 0 Å². The van der Waals surface area contributed by atoms with E-state index < -0.39 is 5.54 Å². The molecule has 1 aliphatic carbocycles. The first-order chi connectivity index (χ1) is 9.25. The van der Waals surface area contributed by atoms with Gasteiger partial charge in [0.15, 0.2) is 0 Å². The van der Waals surface area contributed by atoms with Crippen LogP contribution in [-0.2, 0) is 12.0 Å². The number of thiophene rings is 1. The topological polar surface area (TPSA) is 39.1 Å². The summed E-state index contributed by atoms with van der Waals surface area (Å²) >= 11 is 1.79. The molecule has 0 bridgehead atoms. The summed E-state index contributed by atoms with van der Waals surface area (Å²) in [6, 6.07) is 4.68. The van der Waals surface area contributed by atoms with E-state index in [-0.39, 0.29) is 0 Å². The molecule has 0 spiro atoms. The fourth-order valence-corrected chi connectivity index (χ4v) is 3.87. The lowest BCUT2D eigenvalue weighted by Crippen LogP contribution is -2.46. The standard InChI is InChI=1S/C15H23N3S/c1-3-18(4-2)10-9-17-15(12-16)8-5-6-14-13(15)7-11-19-14/h7,11,17H,3-6,8-10H2,1-2H3. The number of hydrogen-bond acceptors (Lipinski definition) is 4. The van der Waals surface area contributed by atoms with Gasteiger partial charge in [0.1, 0.15) is 5.54 Å². The highest BCUT2D eigenvalue weighted by Crippen LogP contribution is 2.37. The number of rotatable bonds is 6. The Labute approximate surface area is 120 Å². The third-order valence-electron chi connectivity index (χ3n) is 4.10. The van der Waals surface area contributed by atoms with Gasteiger partial charge in [-0.05, 0) is 43.8 Å². The summed E-state index contributed by atoms with van der Waals surface area (Å²) in [5.74, 6) is 0. The maximum Gasteiger partial charge on any atom is 0.133 e. The van der Waals surface area contributed by atoms with Crippen LogP contribution in [0.1, 0.15) is 37.1 Å². The van der Waals surface area contributed by atoms with Gasteiger partial charge >= 0.3 is 0 Å². The van der Waals surface area contributed by atoms with Crippen molar-refractivity contribution in [3.8, 4) is 6.07 Å². The molecule has 0 saturated heterocycles. The van der Waals surface area contributed by atoms with Crippen molar-refractivity contribution < 1.29 is 0 Å². The van der Waals surface area contributed by atoms with Crippen LogP contribution in [0, 0.1) is 11.3 Å². The van der Waals surface area contributed by atoms with E-state index in [1.807, 2.05) is 0 Å². The summed E-state index contributed by atoms with van der Waals surface area (Å²) in [6.07, 6.45) is 3.18. The van der Waals surface area contributed by atoms with Gasteiger partial charge in [-0.1, -0.05) is 13.8 Å². The molecule has 19 heavy (non-hydrogen) atoms. The Kier molecular flexibility index (Phi) is 4.98. The van der Waals surface area contributed by atoms with Crippen LogP contribution in [0.3, 0.4) is 0 Å². The molecule has 1 unspecified atom stereocenters. The largest absolute Gasteiger partial charge is 0.303 e. The number of nitrogens with zero attached hydrogens (tertiary/aromatic N) is 2. The van der Waals surface area contributed by atoms with E-state index >= 15 is 0 Å². The first kappa shape index (κ1) is 14.5. The molecule has 1 atom stereocenters. The Morgan fingerprint density at radius 1 is 1.47 bits per heavy atom. The number of nitriles is 1. The highest BCUT2D eigenvalue weighted by molar-refractivity contribution is 7.10. The van der Waals surface area contributed by atoms with Crippen molar-refractivity contribution in [2.24, 2.45) is 0 Å². The Bertz CT molecular complexity index is 444. The lowest BCUT2D eigenvalue weighted by Gasteiger charge is -2.33. The fourth-order valence-electron chi connectivity index (χ4n) is 2.87. The minimum Gasteiger partial charge on any atom is -0.303 e.